The van der Waals surface area contributed by atoms with Crippen LogP contribution in [0, 0.1) is 15.5 Å². The van der Waals surface area contributed by atoms with Crippen LogP contribution in [-0.2, 0) is 0 Å². The SMILES string of the molecule is CCCC1(CNc2nc(Cl)ccc2[N+](=O)[O-])CC1. The minimum atomic E-state index is -0.439. The number of pyridine rings is 1. The molecule has 98 valence electrons. The van der Waals surface area contributed by atoms with Crippen LogP contribution in [0.2, 0.25) is 5.15 Å². The van der Waals surface area contributed by atoms with Crippen molar-refractivity contribution in [3.8, 4) is 0 Å². The zero-order valence-electron chi connectivity index (χ0n) is 10.3. The van der Waals surface area contributed by atoms with Crippen molar-refractivity contribution in [2.45, 2.75) is 32.6 Å². The molecule has 1 heterocycles. The Hall–Kier alpha value is -1.36. The third kappa shape index (κ3) is 2.90. The van der Waals surface area contributed by atoms with Crippen LogP contribution in [-0.4, -0.2) is 16.5 Å². The van der Waals surface area contributed by atoms with Crippen LogP contribution in [0.4, 0.5) is 11.5 Å². The van der Waals surface area contributed by atoms with Crippen molar-refractivity contribution >= 4 is 23.1 Å². The molecular weight excluding hydrogens is 254 g/mol. The van der Waals surface area contributed by atoms with E-state index in [1.54, 1.807) is 0 Å². The van der Waals surface area contributed by atoms with E-state index in [1.807, 2.05) is 0 Å². The maximum atomic E-state index is 10.9. The van der Waals surface area contributed by atoms with Crippen molar-refractivity contribution in [2.75, 3.05) is 11.9 Å². The predicted octanol–water partition coefficient (Wildman–Crippen LogP) is 3.64. The van der Waals surface area contributed by atoms with Gasteiger partial charge < -0.3 is 5.32 Å². The number of aromatic nitrogens is 1. The summed E-state index contributed by atoms with van der Waals surface area (Å²) in [5.74, 6) is 0.273. The summed E-state index contributed by atoms with van der Waals surface area (Å²) >= 11 is 5.77. The third-order valence-electron chi connectivity index (χ3n) is 3.40. The molecule has 0 bridgehead atoms. The highest BCUT2D eigenvalue weighted by Crippen LogP contribution is 2.49. The Kier molecular flexibility index (Phi) is 3.71. The zero-order valence-corrected chi connectivity index (χ0v) is 11.0. The maximum absolute atomic E-state index is 10.9. The Morgan fingerprint density at radius 1 is 1.56 bits per heavy atom. The van der Waals surface area contributed by atoms with Crippen LogP contribution in [0.3, 0.4) is 0 Å². The van der Waals surface area contributed by atoms with Crippen molar-refractivity contribution in [3.63, 3.8) is 0 Å². The van der Waals surface area contributed by atoms with Crippen molar-refractivity contribution in [3.05, 3.63) is 27.4 Å². The van der Waals surface area contributed by atoms with Crippen LogP contribution >= 0.6 is 11.6 Å². The molecule has 1 fully saturated rings. The van der Waals surface area contributed by atoms with E-state index < -0.39 is 4.92 Å². The van der Waals surface area contributed by atoms with Gasteiger partial charge in [-0.1, -0.05) is 24.9 Å². The lowest BCUT2D eigenvalue weighted by Gasteiger charge is -2.15. The fourth-order valence-corrected chi connectivity index (χ4v) is 2.35. The average molecular weight is 270 g/mol. The second-order valence-corrected chi connectivity index (χ2v) is 5.25. The number of nitrogens with one attached hydrogen (secondary N) is 1. The van der Waals surface area contributed by atoms with Gasteiger partial charge >= 0.3 is 5.69 Å². The first kappa shape index (κ1) is 13.1. The highest BCUT2D eigenvalue weighted by molar-refractivity contribution is 6.29. The average Bonchev–Trinajstić information content (AvgIpc) is 3.07. The summed E-state index contributed by atoms with van der Waals surface area (Å²) in [6.07, 6.45) is 4.64. The molecule has 1 aromatic heterocycles. The summed E-state index contributed by atoms with van der Waals surface area (Å²) in [6.45, 7) is 2.88. The Morgan fingerprint density at radius 3 is 2.83 bits per heavy atom. The number of nitro groups is 1. The van der Waals surface area contributed by atoms with E-state index >= 15 is 0 Å². The molecule has 0 spiro atoms. The lowest BCUT2D eigenvalue weighted by molar-refractivity contribution is -0.384. The number of rotatable bonds is 6. The van der Waals surface area contributed by atoms with Gasteiger partial charge in [-0.25, -0.2) is 4.98 Å². The molecule has 2 rings (SSSR count). The summed E-state index contributed by atoms with van der Waals surface area (Å²) in [4.78, 5) is 14.4. The molecule has 5 nitrogen and oxygen atoms in total. The molecule has 6 heteroatoms. The topological polar surface area (TPSA) is 68.1 Å². The van der Waals surface area contributed by atoms with Gasteiger partial charge in [0.05, 0.1) is 4.92 Å². The smallest absolute Gasteiger partial charge is 0.311 e. The molecule has 0 amide bonds. The molecule has 0 aliphatic heterocycles. The van der Waals surface area contributed by atoms with Gasteiger partial charge in [0, 0.05) is 12.6 Å². The van der Waals surface area contributed by atoms with Gasteiger partial charge in [0.2, 0.25) is 5.82 Å². The molecule has 0 saturated heterocycles. The Bertz CT molecular complexity index is 461. The molecule has 0 aromatic carbocycles. The number of hydrogen-bond acceptors (Lipinski definition) is 4. The second-order valence-electron chi connectivity index (χ2n) is 4.86. The Morgan fingerprint density at radius 2 is 2.28 bits per heavy atom. The summed E-state index contributed by atoms with van der Waals surface area (Å²) in [5, 5.41) is 14.2. The van der Waals surface area contributed by atoms with Crippen LogP contribution in [0.15, 0.2) is 12.1 Å². The number of hydrogen-bond donors (Lipinski definition) is 1. The van der Waals surface area contributed by atoms with E-state index in [-0.39, 0.29) is 16.7 Å². The predicted molar refractivity (Wildman–Crippen MR) is 71.0 cm³/mol. The van der Waals surface area contributed by atoms with Gasteiger partial charge in [-0.05, 0) is 30.7 Å². The van der Waals surface area contributed by atoms with Crippen molar-refractivity contribution in [1.29, 1.82) is 0 Å². The highest BCUT2D eigenvalue weighted by Gasteiger charge is 2.41. The first-order valence-electron chi connectivity index (χ1n) is 6.11. The van der Waals surface area contributed by atoms with Gasteiger partial charge in [0.15, 0.2) is 0 Å². The quantitative estimate of drug-likeness (QED) is 0.486. The molecule has 1 aliphatic carbocycles. The molecular formula is C12H16ClN3O2. The fourth-order valence-electron chi connectivity index (χ4n) is 2.20. The highest BCUT2D eigenvalue weighted by atomic mass is 35.5. The lowest BCUT2D eigenvalue weighted by Crippen LogP contribution is -2.16. The number of nitrogens with zero attached hydrogens (tertiary/aromatic N) is 2. The largest absolute Gasteiger partial charge is 0.364 e. The lowest BCUT2D eigenvalue weighted by atomic mass is 10.0. The summed E-state index contributed by atoms with van der Waals surface area (Å²) in [6, 6.07) is 2.82. The number of anilines is 1. The Labute approximate surface area is 111 Å². The summed E-state index contributed by atoms with van der Waals surface area (Å²) in [5.41, 5.74) is 0.291. The van der Waals surface area contributed by atoms with E-state index in [4.69, 9.17) is 11.6 Å². The molecule has 18 heavy (non-hydrogen) atoms. The van der Waals surface area contributed by atoms with Crippen LogP contribution in [0.1, 0.15) is 32.6 Å². The van der Waals surface area contributed by atoms with E-state index in [1.165, 1.54) is 25.0 Å². The molecule has 1 aliphatic rings. The monoisotopic (exact) mass is 269 g/mol. The van der Waals surface area contributed by atoms with E-state index in [2.05, 4.69) is 17.2 Å². The number of halogens is 1. The molecule has 1 saturated carbocycles. The van der Waals surface area contributed by atoms with E-state index in [9.17, 15) is 10.1 Å². The zero-order chi connectivity index (χ0) is 13.2. The molecule has 1 aromatic rings. The van der Waals surface area contributed by atoms with Gasteiger partial charge in [-0.2, -0.15) is 0 Å². The maximum Gasteiger partial charge on any atom is 0.311 e. The molecule has 0 atom stereocenters. The first-order valence-corrected chi connectivity index (χ1v) is 6.49. The fraction of sp³-hybridized carbons (Fsp3) is 0.583. The third-order valence-corrected chi connectivity index (χ3v) is 3.62. The first-order chi connectivity index (χ1) is 8.56. The van der Waals surface area contributed by atoms with Crippen molar-refractivity contribution < 1.29 is 4.92 Å². The van der Waals surface area contributed by atoms with Crippen molar-refractivity contribution in [1.82, 2.24) is 4.98 Å². The molecule has 1 N–H and O–H groups in total. The molecule has 0 radical (unpaired) electrons. The van der Waals surface area contributed by atoms with E-state index in [0.29, 0.717) is 5.41 Å². The van der Waals surface area contributed by atoms with E-state index in [0.717, 1.165) is 19.4 Å². The minimum absolute atomic E-state index is 0.0216. The second kappa shape index (κ2) is 5.10. The van der Waals surface area contributed by atoms with Crippen LogP contribution < -0.4 is 5.32 Å². The minimum Gasteiger partial charge on any atom is -0.364 e. The normalized spacial score (nSPS) is 16.3. The summed E-state index contributed by atoms with van der Waals surface area (Å²) < 4.78 is 0. The van der Waals surface area contributed by atoms with Crippen LogP contribution in [0.25, 0.3) is 0 Å². The Balaban J connectivity index is 2.08. The van der Waals surface area contributed by atoms with Gasteiger partial charge in [0.25, 0.3) is 0 Å². The summed E-state index contributed by atoms with van der Waals surface area (Å²) in [7, 11) is 0. The van der Waals surface area contributed by atoms with Gasteiger partial charge in [-0.3, -0.25) is 10.1 Å². The van der Waals surface area contributed by atoms with Gasteiger partial charge in [0.1, 0.15) is 5.15 Å². The van der Waals surface area contributed by atoms with Gasteiger partial charge in [-0.15, -0.1) is 0 Å². The van der Waals surface area contributed by atoms with Crippen molar-refractivity contribution in [2.24, 2.45) is 5.41 Å². The standard InChI is InChI=1S/C12H16ClN3O2/c1-2-5-12(6-7-12)8-14-11-9(16(17)18)3-4-10(13)15-11/h3-4H,2,5-8H2,1H3,(H,14,15). The van der Waals surface area contributed by atoms with Crippen LogP contribution in [0.5, 0.6) is 0 Å². The molecule has 0 unspecified atom stereocenters.